The number of rotatable bonds is 8. The van der Waals surface area contributed by atoms with E-state index in [1.807, 2.05) is 34.9 Å². The predicted molar refractivity (Wildman–Crippen MR) is 100 cm³/mol. The molecule has 2 aromatic rings. The van der Waals surface area contributed by atoms with Crippen LogP contribution in [0.3, 0.4) is 0 Å². The number of hydrogen-bond acceptors (Lipinski definition) is 5. The van der Waals surface area contributed by atoms with Gasteiger partial charge in [-0.15, -0.1) is 10.2 Å². The van der Waals surface area contributed by atoms with Crippen LogP contribution in [0.2, 0.25) is 0 Å². The van der Waals surface area contributed by atoms with Gasteiger partial charge >= 0.3 is 0 Å². The molecule has 1 aromatic carbocycles. The van der Waals surface area contributed by atoms with E-state index in [0.29, 0.717) is 19.6 Å². The third-order valence-electron chi connectivity index (χ3n) is 4.65. The highest BCUT2D eigenvalue weighted by Crippen LogP contribution is 2.14. The molecule has 8 heteroatoms. The van der Waals surface area contributed by atoms with E-state index < -0.39 is 6.04 Å². The highest BCUT2D eigenvalue weighted by atomic mass is 16.2. The molecule has 1 unspecified atom stereocenters. The predicted octanol–water partition coefficient (Wildman–Crippen LogP) is 0.695. The van der Waals surface area contributed by atoms with Gasteiger partial charge in [-0.3, -0.25) is 14.5 Å². The van der Waals surface area contributed by atoms with Crippen molar-refractivity contribution in [1.29, 1.82) is 0 Å². The van der Waals surface area contributed by atoms with Crippen LogP contribution in [0.4, 0.5) is 0 Å². The molecule has 1 saturated heterocycles. The number of carbonyl (C=O) groups is 2. The molecule has 27 heavy (non-hydrogen) atoms. The highest BCUT2D eigenvalue weighted by Gasteiger charge is 2.31. The molecule has 0 bridgehead atoms. The van der Waals surface area contributed by atoms with E-state index in [4.69, 9.17) is 0 Å². The van der Waals surface area contributed by atoms with Crippen molar-refractivity contribution in [3.8, 4) is 0 Å². The lowest BCUT2D eigenvalue weighted by molar-refractivity contribution is -0.134. The number of nitrogens with zero attached hydrogens (tertiary/aromatic N) is 4. The molecule has 144 valence electrons. The first-order chi connectivity index (χ1) is 13.2. The van der Waals surface area contributed by atoms with Gasteiger partial charge in [0.2, 0.25) is 11.8 Å². The number of benzene rings is 1. The van der Waals surface area contributed by atoms with Crippen LogP contribution in [0.5, 0.6) is 0 Å². The average Bonchev–Trinajstić information content (AvgIpc) is 3.11. The molecule has 1 atom stereocenters. The summed E-state index contributed by atoms with van der Waals surface area (Å²) in [7, 11) is 0. The van der Waals surface area contributed by atoms with Gasteiger partial charge in [0.25, 0.3) is 0 Å². The van der Waals surface area contributed by atoms with Gasteiger partial charge in [-0.2, -0.15) is 0 Å². The number of carbonyl (C=O) groups excluding carboxylic acids is 2. The van der Waals surface area contributed by atoms with Crippen molar-refractivity contribution < 1.29 is 9.59 Å². The fourth-order valence-electron chi connectivity index (χ4n) is 3.26. The SMILES string of the molecule is CCCn1cnnc1CNC(=O)CC1C(=O)NCCN1Cc1ccccc1. The first-order valence-electron chi connectivity index (χ1n) is 9.36. The van der Waals surface area contributed by atoms with Crippen LogP contribution in [-0.2, 0) is 29.2 Å². The molecule has 0 radical (unpaired) electrons. The van der Waals surface area contributed by atoms with Crippen LogP contribution in [0.15, 0.2) is 36.7 Å². The van der Waals surface area contributed by atoms with Crippen LogP contribution in [0.25, 0.3) is 0 Å². The molecular weight excluding hydrogens is 344 g/mol. The summed E-state index contributed by atoms with van der Waals surface area (Å²) in [6, 6.07) is 9.52. The van der Waals surface area contributed by atoms with Gasteiger partial charge in [-0.25, -0.2) is 0 Å². The second kappa shape index (κ2) is 9.27. The Morgan fingerprint density at radius 2 is 2.15 bits per heavy atom. The van der Waals surface area contributed by atoms with Crippen LogP contribution in [0.1, 0.15) is 31.2 Å². The quantitative estimate of drug-likeness (QED) is 0.713. The fraction of sp³-hybridized carbons (Fsp3) is 0.474. The highest BCUT2D eigenvalue weighted by molar-refractivity contribution is 5.88. The Hall–Kier alpha value is -2.74. The zero-order valence-corrected chi connectivity index (χ0v) is 15.6. The van der Waals surface area contributed by atoms with E-state index in [9.17, 15) is 9.59 Å². The monoisotopic (exact) mass is 370 g/mol. The minimum absolute atomic E-state index is 0.0959. The molecule has 1 aliphatic rings. The fourth-order valence-corrected chi connectivity index (χ4v) is 3.26. The van der Waals surface area contributed by atoms with Gasteiger partial charge in [0.05, 0.1) is 19.0 Å². The number of piperazine rings is 1. The van der Waals surface area contributed by atoms with E-state index in [0.717, 1.165) is 30.9 Å². The maximum absolute atomic E-state index is 12.4. The minimum atomic E-state index is -0.465. The summed E-state index contributed by atoms with van der Waals surface area (Å²) in [5, 5.41) is 13.7. The van der Waals surface area contributed by atoms with Gasteiger partial charge in [0, 0.05) is 26.2 Å². The molecule has 1 fully saturated rings. The van der Waals surface area contributed by atoms with Crippen molar-refractivity contribution in [1.82, 2.24) is 30.3 Å². The van der Waals surface area contributed by atoms with E-state index in [1.54, 1.807) is 6.33 Å². The summed E-state index contributed by atoms with van der Waals surface area (Å²) in [5.41, 5.74) is 1.13. The molecule has 3 rings (SSSR count). The van der Waals surface area contributed by atoms with Crippen molar-refractivity contribution in [2.75, 3.05) is 13.1 Å². The molecule has 0 aliphatic carbocycles. The minimum Gasteiger partial charge on any atom is -0.353 e. The maximum atomic E-state index is 12.4. The zero-order chi connectivity index (χ0) is 19.1. The molecule has 0 saturated carbocycles. The van der Waals surface area contributed by atoms with Crippen molar-refractivity contribution in [2.45, 2.75) is 45.4 Å². The van der Waals surface area contributed by atoms with Crippen LogP contribution in [0, 0.1) is 0 Å². The van der Waals surface area contributed by atoms with Crippen molar-refractivity contribution in [3.05, 3.63) is 48.0 Å². The maximum Gasteiger partial charge on any atom is 0.237 e. The Morgan fingerprint density at radius 3 is 2.93 bits per heavy atom. The molecule has 8 nitrogen and oxygen atoms in total. The Balaban J connectivity index is 1.58. The number of aryl methyl sites for hydroxylation is 1. The average molecular weight is 370 g/mol. The number of aromatic nitrogens is 3. The van der Waals surface area contributed by atoms with Crippen molar-refractivity contribution in [3.63, 3.8) is 0 Å². The molecule has 1 aliphatic heterocycles. The zero-order valence-electron chi connectivity index (χ0n) is 15.6. The lowest BCUT2D eigenvalue weighted by Gasteiger charge is -2.34. The Kier molecular flexibility index (Phi) is 6.54. The standard InChI is InChI=1S/C19H26N6O2/c1-2-9-25-14-22-23-17(25)12-21-18(26)11-16-19(27)20-8-10-24(16)13-15-6-4-3-5-7-15/h3-7,14,16H,2,8-13H2,1H3,(H,20,27)(H,21,26). The molecular formula is C19H26N6O2. The normalized spacial score (nSPS) is 17.5. The first kappa shape index (κ1) is 19.0. The lowest BCUT2D eigenvalue weighted by atomic mass is 10.1. The van der Waals surface area contributed by atoms with E-state index >= 15 is 0 Å². The summed E-state index contributed by atoms with van der Waals surface area (Å²) in [5.74, 6) is 0.460. The smallest absolute Gasteiger partial charge is 0.237 e. The number of amides is 2. The largest absolute Gasteiger partial charge is 0.353 e. The second-order valence-electron chi connectivity index (χ2n) is 6.68. The lowest BCUT2D eigenvalue weighted by Crippen LogP contribution is -2.56. The van der Waals surface area contributed by atoms with Gasteiger partial charge in [0.15, 0.2) is 5.82 Å². The van der Waals surface area contributed by atoms with Crippen LogP contribution in [-0.4, -0.2) is 50.6 Å². The van der Waals surface area contributed by atoms with E-state index in [-0.39, 0.29) is 18.2 Å². The molecule has 1 aromatic heterocycles. The van der Waals surface area contributed by atoms with E-state index in [2.05, 4.69) is 32.7 Å². The van der Waals surface area contributed by atoms with Gasteiger partial charge in [-0.1, -0.05) is 37.3 Å². The summed E-state index contributed by atoms with van der Waals surface area (Å²) >= 11 is 0. The molecule has 2 N–H and O–H groups in total. The summed E-state index contributed by atoms with van der Waals surface area (Å²) in [6.45, 7) is 5.18. The number of nitrogens with one attached hydrogen (secondary N) is 2. The summed E-state index contributed by atoms with van der Waals surface area (Å²) in [4.78, 5) is 26.9. The Labute approximate surface area is 159 Å². The summed E-state index contributed by atoms with van der Waals surface area (Å²) in [6.07, 6.45) is 2.76. The van der Waals surface area contributed by atoms with Gasteiger partial charge < -0.3 is 15.2 Å². The second-order valence-corrected chi connectivity index (χ2v) is 6.68. The molecule has 2 amide bonds. The molecule has 0 spiro atoms. The summed E-state index contributed by atoms with van der Waals surface area (Å²) < 4.78 is 1.93. The van der Waals surface area contributed by atoms with E-state index in [1.165, 1.54) is 0 Å². The third-order valence-corrected chi connectivity index (χ3v) is 4.65. The first-order valence-corrected chi connectivity index (χ1v) is 9.36. The van der Waals surface area contributed by atoms with Gasteiger partial charge in [-0.05, 0) is 12.0 Å². The number of hydrogen-bond donors (Lipinski definition) is 2. The van der Waals surface area contributed by atoms with Crippen molar-refractivity contribution >= 4 is 11.8 Å². The van der Waals surface area contributed by atoms with Crippen LogP contribution < -0.4 is 10.6 Å². The van der Waals surface area contributed by atoms with Crippen LogP contribution >= 0.6 is 0 Å². The third kappa shape index (κ3) is 5.13. The van der Waals surface area contributed by atoms with Gasteiger partial charge in [0.1, 0.15) is 6.33 Å². The molecule has 2 heterocycles. The van der Waals surface area contributed by atoms with Crippen molar-refractivity contribution in [2.24, 2.45) is 0 Å². The Bertz CT molecular complexity index is 761. The Morgan fingerprint density at radius 1 is 1.33 bits per heavy atom. The topological polar surface area (TPSA) is 92.1 Å².